The molecule has 3 N–H and O–H groups in total. The van der Waals surface area contributed by atoms with Crippen LogP contribution in [0.3, 0.4) is 0 Å². The molecule has 0 fully saturated rings. The van der Waals surface area contributed by atoms with Gasteiger partial charge in [0.2, 0.25) is 5.91 Å². The number of hydrogen-bond acceptors (Lipinski definition) is 5. The summed E-state index contributed by atoms with van der Waals surface area (Å²) in [4.78, 5) is 38.7. The van der Waals surface area contributed by atoms with Gasteiger partial charge >= 0.3 is 0 Å². The van der Waals surface area contributed by atoms with Crippen molar-refractivity contribution in [2.45, 2.75) is 6.92 Å². The lowest BCUT2D eigenvalue weighted by molar-refractivity contribution is -0.114. The van der Waals surface area contributed by atoms with Gasteiger partial charge in [-0.3, -0.25) is 14.4 Å². The number of nitrogens with one attached hydrogen (secondary N) is 3. The molecule has 2 rings (SSSR count). The molecule has 0 radical (unpaired) electrons. The number of nitrogens with zero attached hydrogens (tertiary/aromatic N) is 1. The van der Waals surface area contributed by atoms with E-state index in [9.17, 15) is 14.4 Å². The van der Waals surface area contributed by atoms with Crippen molar-refractivity contribution < 1.29 is 14.4 Å². The Hall–Kier alpha value is -2.45. The van der Waals surface area contributed by atoms with E-state index in [1.54, 1.807) is 29.6 Å². The van der Waals surface area contributed by atoms with E-state index in [4.69, 9.17) is 11.6 Å². The lowest BCUT2D eigenvalue weighted by atomic mass is 10.2. The van der Waals surface area contributed by atoms with Gasteiger partial charge in [0.15, 0.2) is 5.13 Å². The number of aromatic nitrogens is 1. The number of rotatable bonds is 6. The second-order valence-corrected chi connectivity index (χ2v) is 6.03. The van der Waals surface area contributed by atoms with Crippen LogP contribution >= 0.6 is 22.9 Å². The summed E-state index contributed by atoms with van der Waals surface area (Å²) >= 11 is 6.92. The molecule has 0 saturated heterocycles. The molecule has 1 heterocycles. The van der Waals surface area contributed by atoms with Gasteiger partial charge < -0.3 is 16.0 Å². The first-order valence-electron chi connectivity index (χ1n) is 7.01. The maximum absolute atomic E-state index is 11.9. The first-order chi connectivity index (χ1) is 11.5. The third kappa shape index (κ3) is 5.32. The number of anilines is 1. The van der Waals surface area contributed by atoms with Gasteiger partial charge in [-0.05, 0) is 24.3 Å². The Labute approximate surface area is 147 Å². The second-order valence-electron chi connectivity index (χ2n) is 4.74. The van der Waals surface area contributed by atoms with Crippen LogP contribution in [-0.4, -0.2) is 35.8 Å². The molecule has 0 aliphatic rings. The Morgan fingerprint density at radius 2 is 1.71 bits per heavy atom. The highest BCUT2D eigenvalue weighted by Gasteiger charge is 2.11. The van der Waals surface area contributed by atoms with Gasteiger partial charge in [-0.15, -0.1) is 11.3 Å². The molecule has 1 aromatic heterocycles. The molecular formula is C15H15ClN4O3S. The topological polar surface area (TPSA) is 100 Å². The fraction of sp³-hybridized carbons (Fsp3) is 0.200. The Balaban J connectivity index is 1.74. The molecule has 0 unspecified atom stereocenters. The Morgan fingerprint density at radius 1 is 1.08 bits per heavy atom. The van der Waals surface area contributed by atoms with Gasteiger partial charge in [0.1, 0.15) is 5.69 Å². The quantitative estimate of drug-likeness (QED) is 0.680. The average Bonchev–Trinajstić information content (AvgIpc) is 2.99. The average molecular weight is 367 g/mol. The van der Waals surface area contributed by atoms with E-state index in [0.717, 1.165) is 11.3 Å². The zero-order chi connectivity index (χ0) is 17.5. The van der Waals surface area contributed by atoms with Crippen LogP contribution in [0.15, 0.2) is 29.6 Å². The smallest absolute Gasteiger partial charge is 0.270 e. The van der Waals surface area contributed by atoms with Crippen molar-refractivity contribution >= 4 is 45.8 Å². The standard InChI is InChI=1S/C15H15ClN4O3S/c1-9(21)19-15-20-12(8-24-15)14(23)18-7-6-17-13(22)10-2-4-11(16)5-3-10/h2-5,8H,6-7H2,1H3,(H,17,22)(H,18,23)(H,19,20,21). The van der Waals surface area contributed by atoms with Crippen LogP contribution in [0.1, 0.15) is 27.8 Å². The number of carbonyl (C=O) groups excluding carboxylic acids is 3. The predicted octanol–water partition coefficient (Wildman–Crippen LogP) is 1.91. The van der Waals surface area contributed by atoms with Crippen molar-refractivity contribution in [3.05, 3.63) is 45.9 Å². The molecule has 0 aliphatic carbocycles. The summed E-state index contributed by atoms with van der Waals surface area (Å²) in [5.74, 6) is -0.868. The van der Waals surface area contributed by atoms with Crippen LogP contribution < -0.4 is 16.0 Å². The van der Waals surface area contributed by atoms with Gasteiger partial charge in [0, 0.05) is 36.0 Å². The largest absolute Gasteiger partial charge is 0.350 e. The second kappa shape index (κ2) is 8.42. The van der Waals surface area contributed by atoms with E-state index in [1.807, 2.05) is 0 Å². The normalized spacial score (nSPS) is 10.1. The highest BCUT2D eigenvalue weighted by Crippen LogP contribution is 2.15. The number of benzene rings is 1. The maximum atomic E-state index is 11.9. The monoisotopic (exact) mass is 366 g/mol. The van der Waals surface area contributed by atoms with E-state index in [1.165, 1.54) is 6.92 Å². The van der Waals surface area contributed by atoms with Crippen LogP contribution in [0, 0.1) is 0 Å². The third-order valence-corrected chi connectivity index (χ3v) is 3.83. The number of halogens is 1. The zero-order valence-corrected chi connectivity index (χ0v) is 14.3. The fourth-order valence-corrected chi connectivity index (χ4v) is 2.59. The van der Waals surface area contributed by atoms with Gasteiger partial charge in [-0.25, -0.2) is 4.98 Å². The minimum atomic E-state index is -0.372. The Morgan fingerprint density at radius 3 is 2.33 bits per heavy atom. The summed E-state index contributed by atoms with van der Waals surface area (Å²) in [6.45, 7) is 1.89. The molecule has 0 spiro atoms. The van der Waals surface area contributed by atoms with Crippen molar-refractivity contribution in [2.75, 3.05) is 18.4 Å². The van der Waals surface area contributed by atoms with E-state index in [2.05, 4.69) is 20.9 Å². The molecule has 7 nitrogen and oxygen atoms in total. The van der Waals surface area contributed by atoms with Crippen molar-refractivity contribution in [3.63, 3.8) is 0 Å². The summed E-state index contributed by atoms with van der Waals surface area (Å²) < 4.78 is 0. The number of hydrogen-bond donors (Lipinski definition) is 3. The van der Waals surface area contributed by atoms with Crippen LogP contribution in [0.5, 0.6) is 0 Å². The molecule has 0 saturated carbocycles. The van der Waals surface area contributed by atoms with Crippen LogP contribution in [0.25, 0.3) is 0 Å². The highest BCUT2D eigenvalue weighted by molar-refractivity contribution is 7.14. The summed E-state index contributed by atoms with van der Waals surface area (Å²) in [6, 6.07) is 6.50. The molecule has 9 heteroatoms. The van der Waals surface area contributed by atoms with Crippen molar-refractivity contribution in [1.29, 1.82) is 0 Å². The van der Waals surface area contributed by atoms with Crippen LogP contribution in [-0.2, 0) is 4.79 Å². The fourth-order valence-electron chi connectivity index (χ4n) is 1.73. The molecule has 0 bridgehead atoms. The number of amides is 3. The molecule has 0 aliphatic heterocycles. The lowest BCUT2D eigenvalue weighted by Crippen LogP contribution is -2.34. The minimum absolute atomic E-state index is 0.216. The molecule has 2 aromatic rings. The predicted molar refractivity (Wildman–Crippen MR) is 92.5 cm³/mol. The summed E-state index contributed by atoms with van der Waals surface area (Å²) in [6.07, 6.45) is 0. The first kappa shape index (κ1) is 17.9. The minimum Gasteiger partial charge on any atom is -0.350 e. The Bertz CT molecular complexity index is 745. The van der Waals surface area contributed by atoms with Crippen molar-refractivity contribution in [3.8, 4) is 0 Å². The van der Waals surface area contributed by atoms with E-state index in [-0.39, 0.29) is 36.5 Å². The molecule has 24 heavy (non-hydrogen) atoms. The van der Waals surface area contributed by atoms with Crippen molar-refractivity contribution in [1.82, 2.24) is 15.6 Å². The SMILES string of the molecule is CC(=O)Nc1nc(C(=O)NCCNC(=O)c2ccc(Cl)cc2)cs1. The summed E-state index contributed by atoms with van der Waals surface area (Å²) in [5, 5.41) is 10.3. The van der Waals surface area contributed by atoms with Gasteiger partial charge in [0.05, 0.1) is 0 Å². The molecule has 1 aromatic carbocycles. The first-order valence-corrected chi connectivity index (χ1v) is 8.26. The van der Waals surface area contributed by atoms with Crippen LogP contribution in [0.2, 0.25) is 5.02 Å². The summed E-state index contributed by atoms with van der Waals surface area (Å²) in [5.41, 5.74) is 0.706. The summed E-state index contributed by atoms with van der Waals surface area (Å²) in [7, 11) is 0. The van der Waals surface area contributed by atoms with Crippen molar-refractivity contribution in [2.24, 2.45) is 0 Å². The molecular weight excluding hydrogens is 352 g/mol. The van der Waals surface area contributed by atoms with Crippen LogP contribution in [0.4, 0.5) is 5.13 Å². The lowest BCUT2D eigenvalue weighted by Gasteiger charge is -2.06. The Kier molecular flexibility index (Phi) is 6.28. The van der Waals surface area contributed by atoms with Gasteiger partial charge in [-0.1, -0.05) is 11.6 Å². The van der Waals surface area contributed by atoms with Gasteiger partial charge in [0.25, 0.3) is 11.8 Å². The molecule has 0 atom stereocenters. The van der Waals surface area contributed by atoms with E-state index >= 15 is 0 Å². The number of thiazole rings is 1. The maximum Gasteiger partial charge on any atom is 0.270 e. The zero-order valence-electron chi connectivity index (χ0n) is 12.8. The third-order valence-electron chi connectivity index (χ3n) is 2.82. The van der Waals surface area contributed by atoms with E-state index in [0.29, 0.717) is 15.7 Å². The van der Waals surface area contributed by atoms with Gasteiger partial charge in [-0.2, -0.15) is 0 Å². The highest BCUT2D eigenvalue weighted by atomic mass is 35.5. The number of carbonyl (C=O) groups is 3. The molecule has 3 amide bonds. The molecule has 126 valence electrons. The van der Waals surface area contributed by atoms with E-state index < -0.39 is 0 Å².